The number of aromatic nitrogens is 1. The predicted octanol–water partition coefficient (Wildman–Crippen LogP) is 0.0412. The lowest BCUT2D eigenvalue weighted by Crippen LogP contribution is -2.30. The Balaban J connectivity index is 2.89. The summed E-state index contributed by atoms with van der Waals surface area (Å²) in [6, 6.07) is 2.91. The predicted molar refractivity (Wildman–Crippen MR) is 69.4 cm³/mol. The number of carbonyl (C=O) groups is 1. The molecule has 0 unspecified atom stereocenters. The van der Waals surface area contributed by atoms with Crippen LogP contribution in [0.15, 0.2) is 34.2 Å². The molecule has 1 amide bonds. The number of nitrogens with zero attached hydrogens (tertiary/aromatic N) is 1. The number of rotatable bonds is 4. The van der Waals surface area contributed by atoms with Crippen LogP contribution in [0.4, 0.5) is 5.69 Å². The third-order valence-electron chi connectivity index (χ3n) is 2.11. The second-order valence-electron chi connectivity index (χ2n) is 3.18. The lowest BCUT2D eigenvalue weighted by Gasteiger charge is -2.09. The molecule has 0 aliphatic rings. The first-order valence-electron chi connectivity index (χ1n) is 4.95. The number of aryl methyl sites for hydroxylation is 1. The minimum Gasteiger partial charge on any atom is -0.319 e. The van der Waals surface area contributed by atoms with E-state index in [2.05, 4.69) is 23.4 Å². The molecule has 7 heteroatoms. The first-order valence-corrected chi connectivity index (χ1v) is 5.46. The average Bonchev–Trinajstić information content (AvgIpc) is 2.33. The minimum atomic E-state index is -0.427. The maximum absolute atomic E-state index is 11.6. The van der Waals surface area contributed by atoms with Gasteiger partial charge in [-0.3, -0.25) is 15.4 Å². The topological polar surface area (TPSA) is 89.2 Å². The molecule has 0 aliphatic carbocycles. The Bertz CT molecular complexity index is 495. The first kappa shape index (κ1) is 13.3. The molecule has 0 bridgehead atoms. The molecule has 0 radical (unpaired) electrons. The quantitative estimate of drug-likeness (QED) is 0.264. The number of anilines is 1. The lowest BCUT2D eigenvalue weighted by molar-refractivity contribution is -0.113. The van der Waals surface area contributed by atoms with E-state index in [0.717, 1.165) is 0 Å². The van der Waals surface area contributed by atoms with Crippen molar-refractivity contribution in [3.63, 3.8) is 0 Å². The molecular weight excluding hydrogens is 240 g/mol. The Kier molecular flexibility index (Phi) is 4.80. The van der Waals surface area contributed by atoms with Gasteiger partial charge < -0.3 is 15.3 Å². The fourth-order valence-electron chi connectivity index (χ4n) is 1.21. The van der Waals surface area contributed by atoms with Crippen LogP contribution in [0, 0.1) is 0 Å². The van der Waals surface area contributed by atoms with Crippen LogP contribution >= 0.6 is 12.6 Å². The van der Waals surface area contributed by atoms with E-state index in [9.17, 15) is 9.59 Å². The van der Waals surface area contributed by atoms with E-state index in [-0.39, 0.29) is 11.3 Å². The number of thiol groups is 1. The van der Waals surface area contributed by atoms with E-state index >= 15 is 0 Å². The van der Waals surface area contributed by atoms with Gasteiger partial charge in [0.1, 0.15) is 5.70 Å². The maximum atomic E-state index is 11.6. The maximum Gasteiger partial charge on any atom is 0.273 e. The van der Waals surface area contributed by atoms with Gasteiger partial charge in [0.2, 0.25) is 0 Å². The Morgan fingerprint density at radius 3 is 2.82 bits per heavy atom. The van der Waals surface area contributed by atoms with Gasteiger partial charge >= 0.3 is 0 Å². The van der Waals surface area contributed by atoms with Crippen molar-refractivity contribution in [3.8, 4) is 0 Å². The standard InChI is InChI=1S/C10H14N4O2S/c1-2-14-5-7(3-4-9(14)15)12-10(16)8(6-17)13-11/h3-6,13,17H,2,11H2,1H3,(H,12,16)/b8-6-. The van der Waals surface area contributed by atoms with Gasteiger partial charge in [-0.1, -0.05) is 0 Å². The van der Waals surface area contributed by atoms with Gasteiger partial charge in [-0.25, -0.2) is 0 Å². The third-order valence-corrected chi connectivity index (χ3v) is 2.37. The monoisotopic (exact) mass is 254 g/mol. The van der Waals surface area contributed by atoms with E-state index in [1.165, 1.54) is 22.1 Å². The number of amides is 1. The molecule has 92 valence electrons. The van der Waals surface area contributed by atoms with Crippen LogP contribution in [0.5, 0.6) is 0 Å². The third kappa shape index (κ3) is 3.36. The number of nitrogens with two attached hydrogens (primary N) is 1. The fourth-order valence-corrected chi connectivity index (χ4v) is 1.40. The molecule has 1 aromatic rings. The number of hydrogen-bond donors (Lipinski definition) is 4. The van der Waals surface area contributed by atoms with Gasteiger partial charge in [0.05, 0.1) is 5.69 Å². The molecule has 0 saturated carbocycles. The molecule has 0 spiro atoms. The summed E-state index contributed by atoms with van der Waals surface area (Å²) in [5.41, 5.74) is 2.74. The van der Waals surface area contributed by atoms with Crippen LogP contribution in [0.2, 0.25) is 0 Å². The fraction of sp³-hybridized carbons (Fsp3) is 0.200. The van der Waals surface area contributed by atoms with Crippen LogP contribution in [0.25, 0.3) is 0 Å². The van der Waals surface area contributed by atoms with E-state index in [0.29, 0.717) is 12.2 Å². The highest BCUT2D eigenvalue weighted by molar-refractivity contribution is 7.83. The van der Waals surface area contributed by atoms with Crippen molar-refractivity contribution in [1.29, 1.82) is 0 Å². The second kappa shape index (κ2) is 6.12. The average molecular weight is 254 g/mol. The van der Waals surface area contributed by atoms with E-state index in [1.807, 2.05) is 6.92 Å². The Labute approximate surface area is 104 Å². The molecule has 6 nitrogen and oxygen atoms in total. The van der Waals surface area contributed by atoms with Crippen molar-refractivity contribution < 1.29 is 4.79 Å². The SMILES string of the molecule is CCn1cc(NC(=O)/C(=C/S)NN)ccc1=O. The summed E-state index contributed by atoms with van der Waals surface area (Å²) in [4.78, 5) is 22.9. The molecule has 0 atom stereocenters. The molecule has 17 heavy (non-hydrogen) atoms. The van der Waals surface area contributed by atoms with Gasteiger partial charge in [-0.05, 0) is 18.4 Å². The number of pyridine rings is 1. The highest BCUT2D eigenvalue weighted by atomic mass is 32.1. The summed E-state index contributed by atoms with van der Waals surface area (Å²) in [7, 11) is 0. The zero-order valence-electron chi connectivity index (χ0n) is 9.30. The first-order chi connectivity index (χ1) is 8.12. The zero-order valence-corrected chi connectivity index (χ0v) is 10.2. The normalized spacial score (nSPS) is 11.1. The molecule has 0 saturated heterocycles. The Morgan fingerprint density at radius 2 is 2.29 bits per heavy atom. The molecule has 4 N–H and O–H groups in total. The highest BCUT2D eigenvalue weighted by Gasteiger charge is 2.07. The van der Waals surface area contributed by atoms with Gasteiger partial charge in [-0.2, -0.15) is 0 Å². The largest absolute Gasteiger partial charge is 0.319 e. The molecule has 0 fully saturated rings. The number of hydrazine groups is 1. The number of nitrogens with one attached hydrogen (secondary N) is 2. The smallest absolute Gasteiger partial charge is 0.273 e. The zero-order chi connectivity index (χ0) is 12.8. The van der Waals surface area contributed by atoms with Crippen LogP contribution in [0.3, 0.4) is 0 Å². The molecule has 0 aliphatic heterocycles. The second-order valence-corrected chi connectivity index (χ2v) is 3.44. The highest BCUT2D eigenvalue weighted by Crippen LogP contribution is 2.05. The van der Waals surface area contributed by atoms with Crippen LogP contribution in [0.1, 0.15) is 6.92 Å². The van der Waals surface area contributed by atoms with Gasteiger partial charge in [-0.15, -0.1) is 12.6 Å². The van der Waals surface area contributed by atoms with Crippen molar-refractivity contribution >= 4 is 24.2 Å². The van der Waals surface area contributed by atoms with Crippen LogP contribution < -0.4 is 22.1 Å². The van der Waals surface area contributed by atoms with Crippen LogP contribution in [-0.4, -0.2) is 10.5 Å². The molecule has 1 aromatic heterocycles. The van der Waals surface area contributed by atoms with Crippen molar-refractivity contribution in [3.05, 3.63) is 39.8 Å². The molecular formula is C10H14N4O2S. The summed E-state index contributed by atoms with van der Waals surface area (Å²) in [5.74, 6) is 4.71. The molecule has 0 aromatic carbocycles. The van der Waals surface area contributed by atoms with Crippen LogP contribution in [-0.2, 0) is 11.3 Å². The van der Waals surface area contributed by atoms with Gasteiger partial charge in [0, 0.05) is 18.8 Å². The molecule has 1 rings (SSSR count). The summed E-state index contributed by atoms with van der Waals surface area (Å²) in [6.07, 6.45) is 1.56. The van der Waals surface area contributed by atoms with Crippen molar-refractivity contribution in [2.24, 2.45) is 5.84 Å². The van der Waals surface area contributed by atoms with Crippen molar-refractivity contribution in [2.75, 3.05) is 5.32 Å². The summed E-state index contributed by atoms with van der Waals surface area (Å²) < 4.78 is 1.48. The van der Waals surface area contributed by atoms with Crippen molar-refractivity contribution in [2.45, 2.75) is 13.5 Å². The molecule has 1 heterocycles. The summed E-state index contributed by atoms with van der Waals surface area (Å²) >= 11 is 3.84. The minimum absolute atomic E-state index is 0.118. The van der Waals surface area contributed by atoms with E-state index in [1.54, 1.807) is 6.20 Å². The Morgan fingerprint density at radius 1 is 1.59 bits per heavy atom. The van der Waals surface area contributed by atoms with Gasteiger partial charge in [0.25, 0.3) is 11.5 Å². The number of carbonyl (C=O) groups excluding carboxylic acids is 1. The summed E-state index contributed by atoms with van der Waals surface area (Å²) in [6.45, 7) is 2.38. The number of hydrogen-bond acceptors (Lipinski definition) is 5. The summed E-state index contributed by atoms with van der Waals surface area (Å²) in [5, 5.41) is 3.84. The Hall–Kier alpha value is -1.73. The lowest BCUT2D eigenvalue weighted by atomic mass is 10.3. The van der Waals surface area contributed by atoms with E-state index in [4.69, 9.17) is 5.84 Å². The van der Waals surface area contributed by atoms with Crippen molar-refractivity contribution in [1.82, 2.24) is 9.99 Å². The van der Waals surface area contributed by atoms with E-state index < -0.39 is 5.91 Å². The van der Waals surface area contributed by atoms with Gasteiger partial charge in [0.15, 0.2) is 0 Å².